The first-order valence-electron chi connectivity index (χ1n) is 5.16. The second-order valence-electron chi connectivity index (χ2n) is 4.78. The molecule has 1 aromatic rings. The number of halogens is 1. The van der Waals surface area contributed by atoms with Crippen molar-refractivity contribution in [3.63, 3.8) is 0 Å². The Balaban J connectivity index is 2.98. The maximum atomic E-state index is 12.0. The molecule has 0 heterocycles. The summed E-state index contributed by atoms with van der Waals surface area (Å²) in [5.74, 6) is 0. The molecule has 0 aliphatic heterocycles. The molecule has 1 rings (SSSR count). The second-order valence-corrected chi connectivity index (χ2v) is 7.46. The van der Waals surface area contributed by atoms with Crippen LogP contribution in [0.3, 0.4) is 0 Å². The van der Waals surface area contributed by atoms with Gasteiger partial charge in [-0.15, -0.1) is 0 Å². The fraction of sp³-hybridized carbons (Fsp3) is 0.455. The van der Waals surface area contributed by atoms with Crippen LogP contribution in [0.4, 0.5) is 0 Å². The van der Waals surface area contributed by atoms with Crippen LogP contribution in [0.25, 0.3) is 0 Å². The largest absolute Gasteiger partial charge is 0.324 e. The molecular formula is C11H17BrN2O2S. The van der Waals surface area contributed by atoms with E-state index in [0.29, 0.717) is 0 Å². The van der Waals surface area contributed by atoms with Crippen LogP contribution in [-0.4, -0.2) is 20.5 Å². The molecule has 0 aliphatic carbocycles. The van der Waals surface area contributed by atoms with Crippen molar-refractivity contribution in [2.75, 3.05) is 6.54 Å². The molecule has 4 nitrogen and oxygen atoms in total. The van der Waals surface area contributed by atoms with Crippen molar-refractivity contribution in [1.29, 1.82) is 0 Å². The van der Waals surface area contributed by atoms with Gasteiger partial charge in [-0.1, -0.05) is 15.9 Å². The van der Waals surface area contributed by atoms with E-state index >= 15 is 0 Å². The van der Waals surface area contributed by atoms with Gasteiger partial charge in [0, 0.05) is 16.6 Å². The first kappa shape index (κ1) is 14.6. The number of aryl methyl sites for hydroxylation is 1. The number of sulfonamides is 1. The van der Waals surface area contributed by atoms with E-state index in [2.05, 4.69) is 20.7 Å². The molecule has 0 spiro atoms. The van der Waals surface area contributed by atoms with Crippen LogP contribution in [0.2, 0.25) is 0 Å². The molecule has 96 valence electrons. The summed E-state index contributed by atoms with van der Waals surface area (Å²) in [6.07, 6.45) is 0. The average Bonchev–Trinajstić information content (AvgIpc) is 2.12. The third-order valence-electron chi connectivity index (χ3n) is 2.04. The van der Waals surface area contributed by atoms with Crippen LogP contribution in [-0.2, 0) is 10.0 Å². The first-order valence-corrected chi connectivity index (χ1v) is 7.43. The summed E-state index contributed by atoms with van der Waals surface area (Å²) in [6, 6.07) is 5.04. The van der Waals surface area contributed by atoms with Gasteiger partial charge in [0.05, 0.1) is 4.90 Å². The van der Waals surface area contributed by atoms with E-state index in [1.165, 1.54) is 0 Å². The lowest BCUT2D eigenvalue weighted by atomic mass is 10.1. The third kappa shape index (κ3) is 4.75. The molecule has 0 aliphatic rings. The standard InChI is InChI=1S/C11H17BrN2O2S/c1-8-4-9(12)6-10(5-8)17(15,16)14-7-11(2,3)13/h4-6,14H,7,13H2,1-3H3. The van der Waals surface area contributed by atoms with Gasteiger partial charge < -0.3 is 5.73 Å². The molecule has 1 aromatic carbocycles. The SMILES string of the molecule is Cc1cc(Br)cc(S(=O)(=O)NCC(C)(C)N)c1. The molecule has 0 saturated carbocycles. The Morgan fingerprint density at radius 2 is 1.94 bits per heavy atom. The Bertz CT molecular complexity index is 486. The highest BCUT2D eigenvalue weighted by Crippen LogP contribution is 2.19. The Kier molecular flexibility index (Phi) is 4.35. The van der Waals surface area contributed by atoms with Crippen LogP contribution < -0.4 is 10.5 Å². The molecule has 0 fully saturated rings. The monoisotopic (exact) mass is 320 g/mol. The number of nitrogens with two attached hydrogens (primary N) is 1. The van der Waals surface area contributed by atoms with E-state index in [-0.39, 0.29) is 11.4 Å². The molecule has 0 atom stereocenters. The summed E-state index contributed by atoms with van der Waals surface area (Å²) in [5, 5.41) is 0. The predicted molar refractivity (Wildman–Crippen MR) is 72.3 cm³/mol. The van der Waals surface area contributed by atoms with Crippen LogP contribution in [0, 0.1) is 6.92 Å². The summed E-state index contributed by atoms with van der Waals surface area (Å²) < 4.78 is 27.2. The van der Waals surface area contributed by atoms with Gasteiger partial charge in [-0.05, 0) is 44.5 Å². The molecule has 0 bridgehead atoms. The van der Waals surface area contributed by atoms with Gasteiger partial charge in [0.15, 0.2) is 0 Å². The predicted octanol–water partition coefficient (Wildman–Crippen LogP) is 1.77. The summed E-state index contributed by atoms with van der Waals surface area (Å²) in [7, 11) is -3.50. The van der Waals surface area contributed by atoms with E-state index in [1.54, 1.807) is 26.0 Å². The van der Waals surface area contributed by atoms with E-state index < -0.39 is 15.6 Å². The zero-order valence-corrected chi connectivity index (χ0v) is 12.5. The maximum Gasteiger partial charge on any atom is 0.240 e. The Morgan fingerprint density at radius 1 is 1.35 bits per heavy atom. The number of nitrogens with one attached hydrogen (secondary N) is 1. The van der Waals surface area contributed by atoms with E-state index in [0.717, 1.165) is 10.0 Å². The van der Waals surface area contributed by atoms with Crippen molar-refractivity contribution in [2.45, 2.75) is 31.2 Å². The molecule has 0 saturated heterocycles. The zero-order valence-electron chi connectivity index (χ0n) is 10.1. The fourth-order valence-electron chi connectivity index (χ4n) is 1.22. The quantitative estimate of drug-likeness (QED) is 0.888. The van der Waals surface area contributed by atoms with Crippen molar-refractivity contribution in [1.82, 2.24) is 4.72 Å². The number of benzene rings is 1. The number of hydrogen-bond acceptors (Lipinski definition) is 3. The highest BCUT2D eigenvalue weighted by atomic mass is 79.9. The van der Waals surface area contributed by atoms with Gasteiger partial charge >= 0.3 is 0 Å². The summed E-state index contributed by atoms with van der Waals surface area (Å²) in [6.45, 7) is 5.57. The van der Waals surface area contributed by atoms with Crippen molar-refractivity contribution < 1.29 is 8.42 Å². The highest BCUT2D eigenvalue weighted by molar-refractivity contribution is 9.10. The van der Waals surface area contributed by atoms with E-state index in [9.17, 15) is 8.42 Å². The Labute approximate surface area is 111 Å². The molecular weight excluding hydrogens is 304 g/mol. The van der Waals surface area contributed by atoms with Gasteiger partial charge in [-0.25, -0.2) is 13.1 Å². The van der Waals surface area contributed by atoms with Crippen LogP contribution >= 0.6 is 15.9 Å². The average molecular weight is 321 g/mol. The number of rotatable bonds is 4. The van der Waals surface area contributed by atoms with E-state index in [1.807, 2.05) is 13.0 Å². The normalized spacial score (nSPS) is 12.8. The van der Waals surface area contributed by atoms with Gasteiger partial charge in [-0.3, -0.25) is 0 Å². The van der Waals surface area contributed by atoms with Crippen LogP contribution in [0.1, 0.15) is 19.4 Å². The minimum absolute atomic E-state index is 0.195. The van der Waals surface area contributed by atoms with Gasteiger partial charge in [-0.2, -0.15) is 0 Å². The molecule has 6 heteroatoms. The zero-order chi connectivity index (χ0) is 13.3. The second kappa shape index (κ2) is 5.06. The number of hydrogen-bond donors (Lipinski definition) is 2. The van der Waals surface area contributed by atoms with Gasteiger partial charge in [0.2, 0.25) is 10.0 Å². The van der Waals surface area contributed by atoms with Gasteiger partial charge in [0.1, 0.15) is 0 Å². The van der Waals surface area contributed by atoms with Crippen molar-refractivity contribution >= 4 is 26.0 Å². The Hall–Kier alpha value is -0.430. The lowest BCUT2D eigenvalue weighted by Gasteiger charge is -2.19. The lowest BCUT2D eigenvalue weighted by molar-refractivity contribution is 0.498. The Morgan fingerprint density at radius 3 is 2.41 bits per heavy atom. The minimum Gasteiger partial charge on any atom is -0.324 e. The van der Waals surface area contributed by atoms with E-state index in [4.69, 9.17) is 5.73 Å². The first-order chi connectivity index (χ1) is 7.60. The molecule has 0 unspecified atom stereocenters. The molecule has 3 N–H and O–H groups in total. The summed E-state index contributed by atoms with van der Waals surface area (Å²) >= 11 is 3.28. The third-order valence-corrected chi connectivity index (χ3v) is 3.88. The van der Waals surface area contributed by atoms with Gasteiger partial charge in [0.25, 0.3) is 0 Å². The summed E-state index contributed by atoms with van der Waals surface area (Å²) in [4.78, 5) is 0.244. The molecule has 0 amide bonds. The van der Waals surface area contributed by atoms with Crippen LogP contribution in [0.5, 0.6) is 0 Å². The molecule has 0 aromatic heterocycles. The summed E-state index contributed by atoms with van der Waals surface area (Å²) in [5.41, 5.74) is 6.05. The molecule has 17 heavy (non-hydrogen) atoms. The van der Waals surface area contributed by atoms with Crippen molar-refractivity contribution in [3.8, 4) is 0 Å². The fourth-order valence-corrected chi connectivity index (χ4v) is 3.33. The minimum atomic E-state index is -3.50. The van der Waals surface area contributed by atoms with Crippen molar-refractivity contribution in [2.24, 2.45) is 5.73 Å². The highest BCUT2D eigenvalue weighted by Gasteiger charge is 2.19. The maximum absolute atomic E-state index is 12.0. The van der Waals surface area contributed by atoms with Crippen molar-refractivity contribution in [3.05, 3.63) is 28.2 Å². The van der Waals surface area contributed by atoms with Crippen LogP contribution in [0.15, 0.2) is 27.6 Å². The smallest absolute Gasteiger partial charge is 0.240 e. The lowest BCUT2D eigenvalue weighted by Crippen LogP contribution is -2.45. The molecule has 0 radical (unpaired) electrons. The topological polar surface area (TPSA) is 72.2 Å².